The van der Waals surface area contributed by atoms with Gasteiger partial charge in [0.05, 0.1) is 13.2 Å². The lowest BCUT2D eigenvalue weighted by Gasteiger charge is -2.26. The van der Waals surface area contributed by atoms with Gasteiger partial charge < -0.3 is 19.8 Å². The van der Waals surface area contributed by atoms with Gasteiger partial charge in [0.15, 0.2) is 0 Å². The van der Waals surface area contributed by atoms with E-state index >= 15 is 0 Å². The van der Waals surface area contributed by atoms with Gasteiger partial charge in [-0.1, -0.05) is 13.8 Å². The minimum absolute atomic E-state index is 0.367. The summed E-state index contributed by atoms with van der Waals surface area (Å²) in [4.78, 5) is 13.4. The van der Waals surface area contributed by atoms with Crippen molar-refractivity contribution in [3.05, 3.63) is 6.07 Å². The molecule has 1 aromatic heterocycles. The molecule has 0 unspecified atom stereocenters. The van der Waals surface area contributed by atoms with Gasteiger partial charge >= 0.3 is 6.01 Å². The fraction of sp³-hybridized carbons (Fsp3) is 0.750. The highest BCUT2D eigenvalue weighted by Gasteiger charge is 2.13. The zero-order valence-corrected chi connectivity index (χ0v) is 14.8. The molecule has 0 saturated carbocycles. The Bertz CT molecular complexity index is 476. The van der Waals surface area contributed by atoms with Crippen LogP contribution < -0.4 is 20.9 Å². The summed E-state index contributed by atoms with van der Waals surface area (Å²) in [5.74, 6) is 6.96. The summed E-state index contributed by atoms with van der Waals surface area (Å²) in [6, 6.07) is 2.23. The number of nitrogens with two attached hydrogens (primary N) is 1. The van der Waals surface area contributed by atoms with E-state index in [1.807, 2.05) is 6.07 Å². The molecule has 136 valence electrons. The Labute approximate surface area is 144 Å². The molecule has 1 aliphatic heterocycles. The van der Waals surface area contributed by atoms with Crippen LogP contribution in [0.4, 0.5) is 11.6 Å². The summed E-state index contributed by atoms with van der Waals surface area (Å²) in [5, 5.41) is 0. The van der Waals surface area contributed by atoms with Gasteiger partial charge in [-0.2, -0.15) is 9.97 Å². The van der Waals surface area contributed by atoms with Crippen molar-refractivity contribution in [1.29, 1.82) is 0 Å². The highest BCUT2D eigenvalue weighted by molar-refractivity contribution is 5.49. The minimum atomic E-state index is 0.367. The topological polar surface area (TPSA) is 88.8 Å². The van der Waals surface area contributed by atoms with Crippen LogP contribution in [-0.2, 0) is 4.74 Å². The van der Waals surface area contributed by atoms with Gasteiger partial charge in [0, 0.05) is 38.8 Å². The number of aromatic nitrogens is 2. The number of rotatable bonds is 10. The van der Waals surface area contributed by atoms with E-state index in [1.54, 1.807) is 0 Å². The Kier molecular flexibility index (Phi) is 8.00. The molecule has 1 aliphatic rings. The average molecular weight is 338 g/mol. The van der Waals surface area contributed by atoms with Gasteiger partial charge in [0.1, 0.15) is 18.2 Å². The number of hydrazine groups is 1. The summed E-state index contributed by atoms with van der Waals surface area (Å²) in [5.41, 5.74) is 2.60. The van der Waals surface area contributed by atoms with Gasteiger partial charge in [-0.15, -0.1) is 0 Å². The second-order valence-corrected chi connectivity index (χ2v) is 5.83. The molecule has 0 bridgehead atoms. The van der Waals surface area contributed by atoms with Crippen molar-refractivity contribution in [3.8, 4) is 6.01 Å². The van der Waals surface area contributed by atoms with E-state index in [1.165, 1.54) is 0 Å². The van der Waals surface area contributed by atoms with Crippen LogP contribution in [0.5, 0.6) is 6.01 Å². The maximum atomic E-state index is 5.77. The van der Waals surface area contributed by atoms with Crippen molar-refractivity contribution in [2.45, 2.75) is 26.7 Å². The van der Waals surface area contributed by atoms with Crippen molar-refractivity contribution in [1.82, 2.24) is 14.9 Å². The molecule has 1 aromatic rings. The zero-order valence-electron chi connectivity index (χ0n) is 14.8. The maximum absolute atomic E-state index is 5.77. The van der Waals surface area contributed by atoms with Crippen LogP contribution in [0.2, 0.25) is 0 Å². The van der Waals surface area contributed by atoms with Crippen LogP contribution in [0.1, 0.15) is 26.7 Å². The fourth-order valence-electron chi connectivity index (χ4n) is 2.68. The molecule has 8 heteroatoms. The Hall–Kier alpha value is -1.64. The first-order chi connectivity index (χ1) is 11.8. The first-order valence-corrected chi connectivity index (χ1v) is 8.80. The predicted octanol–water partition coefficient (Wildman–Crippen LogP) is 1.10. The molecular weight excluding hydrogens is 308 g/mol. The van der Waals surface area contributed by atoms with Crippen molar-refractivity contribution in [2.24, 2.45) is 5.84 Å². The number of morpholine rings is 1. The zero-order chi connectivity index (χ0) is 17.2. The van der Waals surface area contributed by atoms with Crippen molar-refractivity contribution in [3.63, 3.8) is 0 Å². The SMILES string of the molecule is CCCN(CCC)c1cc(NN)nc(OCCN2CCOCC2)n1. The van der Waals surface area contributed by atoms with Gasteiger partial charge in [-0.05, 0) is 12.8 Å². The normalized spacial score (nSPS) is 15.3. The largest absolute Gasteiger partial charge is 0.462 e. The lowest BCUT2D eigenvalue weighted by molar-refractivity contribution is 0.0317. The van der Waals surface area contributed by atoms with Gasteiger partial charge in [0.25, 0.3) is 0 Å². The standard InChI is InChI=1S/C16H30N6O2/c1-3-5-22(6-4-2)15-13-14(20-17)18-16(19-15)24-12-9-21-7-10-23-11-8-21/h13H,3-12,17H2,1-2H3,(H,18,19,20). The van der Waals surface area contributed by atoms with E-state index in [0.29, 0.717) is 18.4 Å². The molecule has 3 N–H and O–H groups in total. The average Bonchev–Trinajstić information content (AvgIpc) is 2.62. The third kappa shape index (κ3) is 5.77. The van der Waals surface area contributed by atoms with Gasteiger partial charge in [-0.3, -0.25) is 4.90 Å². The number of nitrogens with zero attached hydrogens (tertiary/aromatic N) is 4. The van der Waals surface area contributed by atoms with Crippen LogP contribution in [0, 0.1) is 0 Å². The summed E-state index contributed by atoms with van der Waals surface area (Å²) in [7, 11) is 0. The smallest absolute Gasteiger partial charge is 0.320 e. The minimum Gasteiger partial charge on any atom is -0.462 e. The molecule has 2 rings (SSSR count). The van der Waals surface area contributed by atoms with E-state index in [9.17, 15) is 0 Å². The quantitative estimate of drug-likeness (QED) is 0.484. The molecule has 0 amide bonds. The molecule has 0 radical (unpaired) electrons. The molecule has 2 heterocycles. The summed E-state index contributed by atoms with van der Waals surface area (Å²) >= 11 is 0. The summed E-state index contributed by atoms with van der Waals surface area (Å²) in [6.07, 6.45) is 2.12. The molecule has 0 atom stereocenters. The highest BCUT2D eigenvalue weighted by Crippen LogP contribution is 2.19. The Morgan fingerprint density at radius 3 is 2.58 bits per heavy atom. The van der Waals surface area contributed by atoms with Crippen LogP contribution in [0.3, 0.4) is 0 Å². The third-order valence-corrected chi connectivity index (χ3v) is 3.89. The van der Waals surface area contributed by atoms with E-state index < -0.39 is 0 Å². The summed E-state index contributed by atoms with van der Waals surface area (Å²) < 4.78 is 11.1. The number of hydrogen-bond acceptors (Lipinski definition) is 8. The first-order valence-electron chi connectivity index (χ1n) is 8.80. The molecular formula is C16H30N6O2. The van der Waals surface area contributed by atoms with Crippen molar-refractivity contribution >= 4 is 11.6 Å². The lowest BCUT2D eigenvalue weighted by Crippen LogP contribution is -2.38. The van der Waals surface area contributed by atoms with Crippen molar-refractivity contribution in [2.75, 3.05) is 62.9 Å². The number of nitrogens with one attached hydrogen (secondary N) is 1. The van der Waals surface area contributed by atoms with E-state index in [4.69, 9.17) is 15.3 Å². The third-order valence-electron chi connectivity index (χ3n) is 3.89. The summed E-state index contributed by atoms with van der Waals surface area (Å²) in [6.45, 7) is 11.1. The Morgan fingerprint density at radius 1 is 1.25 bits per heavy atom. The van der Waals surface area contributed by atoms with E-state index in [0.717, 1.165) is 64.6 Å². The molecule has 8 nitrogen and oxygen atoms in total. The molecule has 0 aromatic carbocycles. The molecule has 1 fully saturated rings. The van der Waals surface area contributed by atoms with Crippen LogP contribution in [-0.4, -0.2) is 67.4 Å². The van der Waals surface area contributed by atoms with Crippen LogP contribution >= 0.6 is 0 Å². The van der Waals surface area contributed by atoms with Crippen LogP contribution in [0.25, 0.3) is 0 Å². The predicted molar refractivity (Wildman–Crippen MR) is 95.4 cm³/mol. The number of anilines is 2. The van der Waals surface area contributed by atoms with Gasteiger partial charge in [-0.25, -0.2) is 5.84 Å². The van der Waals surface area contributed by atoms with Crippen molar-refractivity contribution < 1.29 is 9.47 Å². The highest BCUT2D eigenvalue weighted by atomic mass is 16.5. The lowest BCUT2D eigenvalue weighted by atomic mass is 10.3. The molecule has 0 aliphatic carbocycles. The Morgan fingerprint density at radius 2 is 1.96 bits per heavy atom. The monoisotopic (exact) mass is 338 g/mol. The second-order valence-electron chi connectivity index (χ2n) is 5.83. The fourth-order valence-corrected chi connectivity index (χ4v) is 2.68. The maximum Gasteiger partial charge on any atom is 0.320 e. The van der Waals surface area contributed by atoms with E-state index in [2.05, 4.69) is 39.0 Å². The van der Waals surface area contributed by atoms with Gasteiger partial charge in [0.2, 0.25) is 0 Å². The number of nitrogen functional groups attached to an aromatic ring is 1. The second kappa shape index (κ2) is 10.3. The molecule has 1 saturated heterocycles. The molecule has 0 spiro atoms. The number of ether oxygens (including phenoxy) is 2. The number of hydrogen-bond donors (Lipinski definition) is 2. The van der Waals surface area contributed by atoms with E-state index in [-0.39, 0.29) is 0 Å². The first kappa shape index (κ1) is 18.7. The molecule has 24 heavy (non-hydrogen) atoms. The van der Waals surface area contributed by atoms with Crippen LogP contribution in [0.15, 0.2) is 6.07 Å². The Balaban J connectivity index is 1.98.